The number of carbonyl (C=O) groups is 2. The van der Waals surface area contributed by atoms with Crippen LogP contribution in [0, 0.1) is 11.7 Å². The zero-order valence-electron chi connectivity index (χ0n) is 13.1. The molecule has 4 N–H and O–H groups in total. The molecule has 0 saturated heterocycles. The Bertz CT molecular complexity index is 506. The number of halogens is 1. The summed E-state index contributed by atoms with van der Waals surface area (Å²) in [5, 5.41) is 5.41. The molecule has 0 aliphatic rings. The quantitative estimate of drug-likeness (QED) is 0.635. The van der Waals surface area contributed by atoms with E-state index in [1.165, 1.54) is 18.2 Å². The number of benzene rings is 1. The van der Waals surface area contributed by atoms with E-state index in [1.807, 2.05) is 13.8 Å². The average molecular weight is 309 g/mol. The van der Waals surface area contributed by atoms with Gasteiger partial charge in [-0.15, -0.1) is 0 Å². The predicted octanol–water partition coefficient (Wildman–Crippen LogP) is 1.44. The Kier molecular flexibility index (Phi) is 7.52. The summed E-state index contributed by atoms with van der Waals surface area (Å²) in [4.78, 5) is 23.4. The number of nitrogens with one attached hydrogen (secondary N) is 2. The molecular formula is C16H24FN3O2. The van der Waals surface area contributed by atoms with Crippen molar-refractivity contribution in [2.75, 3.05) is 13.1 Å². The molecule has 0 unspecified atom stereocenters. The molecule has 0 bridgehead atoms. The van der Waals surface area contributed by atoms with E-state index in [9.17, 15) is 14.0 Å². The molecule has 0 aromatic heterocycles. The van der Waals surface area contributed by atoms with Crippen molar-refractivity contribution < 1.29 is 14.0 Å². The van der Waals surface area contributed by atoms with Crippen molar-refractivity contribution in [1.82, 2.24) is 10.6 Å². The van der Waals surface area contributed by atoms with Crippen LogP contribution in [0.25, 0.3) is 0 Å². The number of hydrogen-bond donors (Lipinski definition) is 3. The van der Waals surface area contributed by atoms with E-state index < -0.39 is 11.9 Å². The lowest BCUT2D eigenvalue weighted by atomic mass is 10.0. The Morgan fingerprint density at radius 1 is 1.23 bits per heavy atom. The van der Waals surface area contributed by atoms with Crippen molar-refractivity contribution in [3.8, 4) is 0 Å². The summed E-state index contributed by atoms with van der Waals surface area (Å²) in [6.07, 6.45) is 1.23. The van der Waals surface area contributed by atoms with Gasteiger partial charge in [0.2, 0.25) is 5.91 Å². The van der Waals surface area contributed by atoms with E-state index in [0.717, 1.165) is 0 Å². The van der Waals surface area contributed by atoms with Gasteiger partial charge in [-0.2, -0.15) is 0 Å². The number of carbonyl (C=O) groups excluding carboxylic acids is 2. The lowest BCUT2D eigenvalue weighted by Gasteiger charge is -2.14. The van der Waals surface area contributed by atoms with Gasteiger partial charge in [0.15, 0.2) is 0 Å². The Morgan fingerprint density at radius 2 is 1.91 bits per heavy atom. The van der Waals surface area contributed by atoms with Gasteiger partial charge in [0, 0.05) is 18.7 Å². The maximum atomic E-state index is 13.0. The van der Waals surface area contributed by atoms with Crippen LogP contribution in [0.2, 0.25) is 0 Å². The molecule has 6 heteroatoms. The molecule has 0 saturated carbocycles. The standard InChI is InChI=1S/C16H24FN3O2/c1-11(2)9-14(18)16(22)20-8-4-7-19-15(21)12-5-3-6-13(17)10-12/h3,5-6,10-11,14H,4,7-9,18H2,1-2H3,(H,19,21)(H,20,22)/t14-/m0/s1. The molecule has 22 heavy (non-hydrogen) atoms. The fourth-order valence-electron chi connectivity index (χ4n) is 1.98. The molecule has 1 aromatic carbocycles. The summed E-state index contributed by atoms with van der Waals surface area (Å²) < 4.78 is 13.0. The minimum atomic E-state index is -0.498. The summed E-state index contributed by atoms with van der Waals surface area (Å²) in [5.74, 6) is -0.585. The topological polar surface area (TPSA) is 84.2 Å². The molecule has 1 atom stereocenters. The summed E-state index contributed by atoms with van der Waals surface area (Å²) in [7, 11) is 0. The molecule has 5 nitrogen and oxygen atoms in total. The number of hydrogen-bond acceptors (Lipinski definition) is 3. The van der Waals surface area contributed by atoms with E-state index in [-0.39, 0.29) is 17.4 Å². The van der Waals surface area contributed by atoms with Crippen molar-refractivity contribution in [1.29, 1.82) is 0 Å². The maximum Gasteiger partial charge on any atom is 0.251 e. The van der Waals surface area contributed by atoms with Gasteiger partial charge in [0.1, 0.15) is 5.82 Å². The molecule has 0 fully saturated rings. The van der Waals surface area contributed by atoms with Gasteiger partial charge >= 0.3 is 0 Å². The highest BCUT2D eigenvalue weighted by molar-refractivity contribution is 5.94. The summed E-state index contributed by atoms with van der Waals surface area (Å²) >= 11 is 0. The van der Waals surface area contributed by atoms with Gasteiger partial charge in [0.25, 0.3) is 5.91 Å². The number of amides is 2. The van der Waals surface area contributed by atoms with Gasteiger partial charge in [-0.05, 0) is 37.0 Å². The normalized spacial score (nSPS) is 12.0. The van der Waals surface area contributed by atoms with E-state index in [2.05, 4.69) is 10.6 Å². The maximum absolute atomic E-state index is 13.0. The van der Waals surface area contributed by atoms with Crippen LogP contribution in [0.5, 0.6) is 0 Å². The van der Waals surface area contributed by atoms with Crippen molar-refractivity contribution in [3.63, 3.8) is 0 Å². The molecule has 0 aliphatic heterocycles. The monoisotopic (exact) mass is 309 g/mol. The summed E-state index contributed by atoms with van der Waals surface area (Å²) in [5.41, 5.74) is 6.03. The SMILES string of the molecule is CC(C)C[C@H](N)C(=O)NCCCNC(=O)c1cccc(F)c1. The van der Waals surface area contributed by atoms with Gasteiger partial charge in [-0.1, -0.05) is 19.9 Å². The second kappa shape index (κ2) is 9.15. The van der Waals surface area contributed by atoms with Crippen LogP contribution >= 0.6 is 0 Å². The first kappa shape index (κ1) is 18.1. The van der Waals surface area contributed by atoms with Crippen LogP contribution in [0.1, 0.15) is 37.0 Å². The van der Waals surface area contributed by atoms with Crippen molar-refractivity contribution >= 4 is 11.8 Å². The highest BCUT2D eigenvalue weighted by atomic mass is 19.1. The van der Waals surface area contributed by atoms with Crippen LogP contribution < -0.4 is 16.4 Å². The van der Waals surface area contributed by atoms with E-state index >= 15 is 0 Å². The van der Waals surface area contributed by atoms with Crippen LogP contribution in [-0.2, 0) is 4.79 Å². The van der Waals surface area contributed by atoms with Gasteiger partial charge < -0.3 is 16.4 Å². The Morgan fingerprint density at radius 3 is 2.55 bits per heavy atom. The Hall–Kier alpha value is -1.95. The Balaban J connectivity index is 2.20. The van der Waals surface area contributed by atoms with Crippen LogP contribution in [0.15, 0.2) is 24.3 Å². The van der Waals surface area contributed by atoms with Crippen LogP contribution in [0.3, 0.4) is 0 Å². The van der Waals surface area contributed by atoms with Crippen molar-refractivity contribution in [3.05, 3.63) is 35.6 Å². The van der Waals surface area contributed by atoms with E-state index in [0.29, 0.717) is 31.8 Å². The highest BCUT2D eigenvalue weighted by Crippen LogP contribution is 2.03. The van der Waals surface area contributed by atoms with E-state index in [1.54, 1.807) is 6.07 Å². The zero-order chi connectivity index (χ0) is 16.5. The van der Waals surface area contributed by atoms with Gasteiger partial charge in [-0.25, -0.2) is 4.39 Å². The molecular weight excluding hydrogens is 285 g/mol. The molecule has 1 aromatic rings. The van der Waals surface area contributed by atoms with E-state index in [4.69, 9.17) is 5.73 Å². The lowest BCUT2D eigenvalue weighted by molar-refractivity contribution is -0.122. The second-order valence-corrected chi connectivity index (χ2v) is 5.65. The third-order valence-corrected chi connectivity index (χ3v) is 3.09. The first-order valence-corrected chi connectivity index (χ1v) is 7.47. The first-order valence-electron chi connectivity index (χ1n) is 7.47. The number of rotatable bonds is 8. The van der Waals surface area contributed by atoms with Gasteiger partial charge in [-0.3, -0.25) is 9.59 Å². The molecule has 0 spiro atoms. The minimum absolute atomic E-state index is 0.176. The summed E-state index contributed by atoms with van der Waals surface area (Å²) in [6, 6.07) is 5.00. The van der Waals surface area contributed by atoms with Gasteiger partial charge in [0.05, 0.1) is 6.04 Å². The fourth-order valence-corrected chi connectivity index (χ4v) is 1.98. The highest BCUT2D eigenvalue weighted by Gasteiger charge is 2.14. The largest absolute Gasteiger partial charge is 0.355 e. The Labute approximate surface area is 130 Å². The predicted molar refractivity (Wildman–Crippen MR) is 83.8 cm³/mol. The molecule has 0 aliphatic carbocycles. The molecule has 122 valence electrons. The van der Waals surface area contributed by atoms with Crippen molar-refractivity contribution in [2.24, 2.45) is 11.7 Å². The molecule has 2 amide bonds. The lowest BCUT2D eigenvalue weighted by Crippen LogP contribution is -2.42. The third-order valence-electron chi connectivity index (χ3n) is 3.09. The summed E-state index contributed by atoms with van der Waals surface area (Å²) in [6.45, 7) is 4.85. The number of nitrogens with two attached hydrogens (primary N) is 1. The third kappa shape index (κ3) is 6.67. The average Bonchev–Trinajstić information content (AvgIpc) is 2.45. The molecule has 0 heterocycles. The molecule has 1 rings (SSSR count). The smallest absolute Gasteiger partial charge is 0.251 e. The second-order valence-electron chi connectivity index (χ2n) is 5.65. The van der Waals surface area contributed by atoms with Crippen LogP contribution in [0.4, 0.5) is 4.39 Å². The first-order chi connectivity index (χ1) is 10.4. The minimum Gasteiger partial charge on any atom is -0.355 e. The zero-order valence-corrected chi connectivity index (χ0v) is 13.1. The fraction of sp³-hybridized carbons (Fsp3) is 0.500. The molecule has 0 radical (unpaired) electrons. The van der Waals surface area contributed by atoms with Crippen LogP contribution in [-0.4, -0.2) is 30.9 Å². The van der Waals surface area contributed by atoms with Crippen molar-refractivity contribution in [2.45, 2.75) is 32.7 Å².